The average molecular weight is 303 g/mol. The second-order valence-corrected chi connectivity index (χ2v) is 6.30. The summed E-state index contributed by atoms with van der Waals surface area (Å²) in [6.45, 7) is 2.44. The lowest BCUT2D eigenvalue weighted by atomic mass is 10.1. The number of carbonyl (C=O) groups is 1. The molecule has 0 radical (unpaired) electrons. The summed E-state index contributed by atoms with van der Waals surface area (Å²) in [7, 11) is 1.63. The zero-order valence-corrected chi connectivity index (χ0v) is 13.3. The third-order valence-electron chi connectivity index (χ3n) is 4.77. The molecule has 120 valence electrons. The number of ether oxygens (including phenoxy) is 1. The predicted octanol–water partition coefficient (Wildman–Crippen LogP) is 1.97. The summed E-state index contributed by atoms with van der Waals surface area (Å²) >= 11 is 0. The van der Waals surface area contributed by atoms with E-state index in [9.17, 15) is 4.79 Å². The summed E-state index contributed by atoms with van der Waals surface area (Å²) in [5.74, 6) is 1.31. The molecule has 1 N–H and O–H groups in total. The molecule has 1 aliphatic carbocycles. The van der Waals surface area contributed by atoms with Crippen LogP contribution in [0.1, 0.15) is 37.8 Å². The number of carbonyl (C=O) groups excluding carboxylic acids is 1. The summed E-state index contributed by atoms with van der Waals surface area (Å²) in [6, 6.07) is 6.17. The van der Waals surface area contributed by atoms with E-state index in [2.05, 4.69) is 10.3 Å². The Morgan fingerprint density at radius 2 is 2.18 bits per heavy atom. The maximum absolute atomic E-state index is 12.4. The van der Waals surface area contributed by atoms with Gasteiger partial charge in [0.1, 0.15) is 0 Å². The topological polar surface area (TPSA) is 54.5 Å². The summed E-state index contributed by atoms with van der Waals surface area (Å²) in [4.78, 5) is 18.9. The number of likely N-dealkylation sites (tertiary alicyclic amines) is 1. The molecule has 5 heteroatoms. The van der Waals surface area contributed by atoms with Crippen molar-refractivity contribution in [2.24, 2.45) is 5.92 Å². The van der Waals surface area contributed by atoms with Crippen LogP contribution in [0, 0.1) is 5.92 Å². The van der Waals surface area contributed by atoms with Gasteiger partial charge in [0.2, 0.25) is 11.8 Å². The van der Waals surface area contributed by atoms with Gasteiger partial charge < -0.3 is 15.0 Å². The molecular formula is C17H25N3O2. The lowest BCUT2D eigenvalue weighted by Gasteiger charge is -2.20. The van der Waals surface area contributed by atoms with Gasteiger partial charge >= 0.3 is 0 Å². The summed E-state index contributed by atoms with van der Waals surface area (Å²) < 4.78 is 5.14. The van der Waals surface area contributed by atoms with Crippen LogP contribution in [0.3, 0.4) is 0 Å². The molecule has 2 aliphatic rings. The maximum Gasteiger partial charge on any atom is 0.225 e. The first-order valence-electron chi connectivity index (χ1n) is 8.28. The highest BCUT2D eigenvalue weighted by atomic mass is 16.5. The average Bonchev–Trinajstić information content (AvgIpc) is 3.24. The predicted molar refractivity (Wildman–Crippen MR) is 84.6 cm³/mol. The Morgan fingerprint density at radius 1 is 1.36 bits per heavy atom. The van der Waals surface area contributed by atoms with Crippen LogP contribution in [-0.2, 0) is 11.3 Å². The SMILES string of the molecule is COc1cccc(CN[C@H]2CCN(C(=O)C3CCCC3)C2)n1. The van der Waals surface area contributed by atoms with Gasteiger partial charge in [0.15, 0.2) is 0 Å². The number of amides is 1. The van der Waals surface area contributed by atoms with Crippen molar-refractivity contribution in [1.82, 2.24) is 15.2 Å². The number of hydrogen-bond donors (Lipinski definition) is 1. The Morgan fingerprint density at radius 3 is 2.95 bits per heavy atom. The van der Waals surface area contributed by atoms with Crippen molar-refractivity contribution >= 4 is 5.91 Å². The second kappa shape index (κ2) is 7.09. The molecule has 1 aromatic heterocycles. The zero-order chi connectivity index (χ0) is 15.4. The van der Waals surface area contributed by atoms with Gasteiger partial charge in [0.25, 0.3) is 0 Å². The van der Waals surface area contributed by atoms with Gasteiger partial charge in [0, 0.05) is 37.7 Å². The molecule has 1 saturated carbocycles. The quantitative estimate of drug-likeness (QED) is 0.903. The van der Waals surface area contributed by atoms with E-state index in [1.54, 1.807) is 7.11 Å². The van der Waals surface area contributed by atoms with Crippen LogP contribution in [0.4, 0.5) is 0 Å². The first-order chi connectivity index (χ1) is 10.8. The minimum absolute atomic E-state index is 0.291. The van der Waals surface area contributed by atoms with Crippen LogP contribution >= 0.6 is 0 Å². The minimum atomic E-state index is 0.291. The third kappa shape index (κ3) is 3.58. The largest absolute Gasteiger partial charge is 0.481 e. The number of hydrogen-bond acceptors (Lipinski definition) is 4. The fourth-order valence-corrected chi connectivity index (χ4v) is 3.48. The van der Waals surface area contributed by atoms with Crippen molar-refractivity contribution in [2.45, 2.75) is 44.7 Å². The summed E-state index contributed by atoms with van der Waals surface area (Å²) in [6.07, 6.45) is 5.63. The van der Waals surface area contributed by atoms with Gasteiger partial charge in [-0.1, -0.05) is 18.9 Å². The molecular weight excluding hydrogens is 278 g/mol. The Bertz CT molecular complexity index is 514. The second-order valence-electron chi connectivity index (χ2n) is 6.30. The number of rotatable bonds is 5. The van der Waals surface area contributed by atoms with E-state index in [1.807, 2.05) is 23.1 Å². The van der Waals surface area contributed by atoms with Crippen LogP contribution in [0.2, 0.25) is 0 Å². The fraction of sp³-hybridized carbons (Fsp3) is 0.647. The van der Waals surface area contributed by atoms with Crippen LogP contribution < -0.4 is 10.1 Å². The highest BCUT2D eigenvalue weighted by Gasteiger charge is 2.31. The zero-order valence-electron chi connectivity index (χ0n) is 13.3. The van der Waals surface area contributed by atoms with E-state index in [1.165, 1.54) is 12.8 Å². The molecule has 0 bridgehead atoms. The Kier molecular flexibility index (Phi) is 4.93. The van der Waals surface area contributed by atoms with E-state index in [0.717, 1.165) is 38.0 Å². The van der Waals surface area contributed by atoms with Crippen LogP contribution in [0.15, 0.2) is 18.2 Å². The molecule has 0 unspecified atom stereocenters. The number of nitrogens with one attached hydrogen (secondary N) is 1. The van der Waals surface area contributed by atoms with E-state index in [0.29, 0.717) is 30.3 Å². The Hall–Kier alpha value is -1.62. The van der Waals surface area contributed by atoms with Crippen LogP contribution in [0.5, 0.6) is 5.88 Å². The number of nitrogens with zero attached hydrogens (tertiary/aromatic N) is 2. The molecule has 5 nitrogen and oxygen atoms in total. The van der Waals surface area contributed by atoms with Gasteiger partial charge in [0.05, 0.1) is 12.8 Å². The molecule has 1 amide bonds. The Balaban J connectivity index is 1.47. The molecule has 0 aromatic carbocycles. The third-order valence-corrected chi connectivity index (χ3v) is 4.77. The van der Waals surface area contributed by atoms with E-state index in [4.69, 9.17) is 4.74 Å². The molecule has 1 aliphatic heterocycles. The molecule has 3 rings (SSSR count). The van der Waals surface area contributed by atoms with Crippen molar-refractivity contribution in [3.05, 3.63) is 23.9 Å². The maximum atomic E-state index is 12.4. The number of aromatic nitrogens is 1. The minimum Gasteiger partial charge on any atom is -0.481 e. The summed E-state index contributed by atoms with van der Waals surface area (Å²) in [5, 5.41) is 3.51. The van der Waals surface area contributed by atoms with Crippen molar-refractivity contribution in [3.8, 4) is 5.88 Å². The van der Waals surface area contributed by atoms with Gasteiger partial charge in [-0.3, -0.25) is 4.79 Å². The van der Waals surface area contributed by atoms with Gasteiger partial charge in [-0.2, -0.15) is 0 Å². The lowest BCUT2D eigenvalue weighted by Crippen LogP contribution is -2.37. The highest BCUT2D eigenvalue weighted by molar-refractivity contribution is 5.79. The monoisotopic (exact) mass is 303 g/mol. The Labute approximate surface area is 132 Å². The fourth-order valence-electron chi connectivity index (χ4n) is 3.48. The van der Waals surface area contributed by atoms with E-state index in [-0.39, 0.29) is 0 Å². The standard InChI is InChI=1S/C17H25N3O2/c1-22-16-8-4-7-14(19-16)11-18-15-9-10-20(12-15)17(21)13-5-2-3-6-13/h4,7-8,13,15,18H,2-3,5-6,9-12H2,1H3/t15-/m0/s1. The van der Waals surface area contributed by atoms with Crippen LogP contribution in [0.25, 0.3) is 0 Å². The normalized spacial score (nSPS) is 22.2. The molecule has 1 atom stereocenters. The van der Waals surface area contributed by atoms with Crippen molar-refractivity contribution < 1.29 is 9.53 Å². The molecule has 22 heavy (non-hydrogen) atoms. The molecule has 1 saturated heterocycles. The lowest BCUT2D eigenvalue weighted by molar-refractivity contribution is -0.134. The van der Waals surface area contributed by atoms with Gasteiger partial charge in [-0.05, 0) is 25.3 Å². The first kappa shape index (κ1) is 15.3. The molecule has 0 spiro atoms. The van der Waals surface area contributed by atoms with E-state index >= 15 is 0 Å². The highest BCUT2D eigenvalue weighted by Crippen LogP contribution is 2.27. The smallest absolute Gasteiger partial charge is 0.225 e. The molecule has 2 fully saturated rings. The van der Waals surface area contributed by atoms with Gasteiger partial charge in [-0.25, -0.2) is 4.98 Å². The van der Waals surface area contributed by atoms with Crippen molar-refractivity contribution in [1.29, 1.82) is 0 Å². The van der Waals surface area contributed by atoms with Crippen molar-refractivity contribution in [2.75, 3.05) is 20.2 Å². The molecule has 1 aromatic rings. The summed E-state index contributed by atoms with van der Waals surface area (Å²) in [5.41, 5.74) is 0.972. The number of methoxy groups -OCH3 is 1. The van der Waals surface area contributed by atoms with Crippen LogP contribution in [-0.4, -0.2) is 42.0 Å². The first-order valence-corrected chi connectivity index (χ1v) is 8.28. The number of pyridine rings is 1. The molecule has 2 heterocycles. The van der Waals surface area contributed by atoms with Crippen molar-refractivity contribution in [3.63, 3.8) is 0 Å². The van der Waals surface area contributed by atoms with E-state index < -0.39 is 0 Å². The van der Waals surface area contributed by atoms with Gasteiger partial charge in [-0.15, -0.1) is 0 Å².